The van der Waals surface area contributed by atoms with Crippen molar-refractivity contribution >= 4 is 29.5 Å². The van der Waals surface area contributed by atoms with E-state index < -0.39 is 6.04 Å². The quantitative estimate of drug-likeness (QED) is 0.828. The van der Waals surface area contributed by atoms with E-state index in [1.165, 1.54) is 6.33 Å². The van der Waals surface area contributed by atoms with Gasteiger partial charge in [0, 0.05) is 12.2 Å². The minimum absolute atomic E-state index is 0.0280. The molecule has 0 saturated carbocycles. The first-order valence-corrected chi connectivity index (χ1v) is 6.91. The van der Waals surface area contributed by atoms with E-state index in [-0.39, 0.29) is 11.8 Å². The van der Waals surface area contributed by atoms with Gasteiger partial charge in [-0.1, -0.05) is 6.92 Å². The normalized spacial score (nSPS) is 18.9. The molecule has 2 rings (SSSR count). The molecule has 18 heavy (non-hydrogen) atoms. The Morgan fingerprint density at radius 2 is 2.50 bits per heavy atom. The van der Waals surface area contributed by atoms with Gasteiger partial charge < -0.3 is 4.90 Å². The molecule has 1 unspecified atom stereocenters. The highest BCUT2D eigenvalue weighted by Crippen LogP contribution is 2.22. The van der Waals surface area contributed by atoms with Crippen molar-refractivity contribution in [2.45, 2.75) is 25.8 Å². The molecule has 2 N–H and O–H groups in total. The van der Waals surface area contributed by atoms with Gasteiger partial charge in [0.25, 0.3) is 0 Å². The second-order valence-corrected chi connectivity index (χ2v) is 4.95. The van der Waals surface area contributed by atoms with Gasteiger partial charge in [0.2, 0.25) is 17.8 Å². The molecule has 0 spiro atoms. The van der Waals surface area contributed by atoms with Gasteiger partial charge in [0.1, 0.15) is 12.4 Å². The van der Waals surface area contributed by atoms with Crippen LogP contribution in [0.25, 0.3) is 0 Å². The van der Waals surface area contributed by atoms with Gasteiger partial charge >= 0.3 is 0 Å². The summed E-state index contributed by atoms with van der Waals surface area (Å²) in [5, 5.41) is 8.82. The van der Waals surface area contributed by atoms with Crippen molar-refractivity contribution < 1.29 is 9.59 Å². The molecule has 0 aliphatic carbocycles. The predicted molar refractivity (Wildman–Crippen MR) is 67.9 cm³/mol. The highest BCUT2D eigenvalue weighted by molar-refractivity contribution is 7.99. The number of rotatable bonds is 4. The Balaban J connectivity index is 1.98. The molecule has 1 aliphatic rings. The molecular weight excluding hydrogens is 254 g/mol. The smallest absolute Gasteiger partial charge is 0.250 e. The Kier molecular flexibility index (Phi) is 4.19. The average Bonchev–Trinajstić information content (AvgIpc) is 2.99. The fraction of sp³-hybridized carbons (Fsp3) is 0.600. The van der Waals surface area contributed by atoms with Crippen LogP contribution in [0.3, 0.4) is 0 Å². The molecule has 0 aromatic carbocycles. The number of nitrogens with zero attached hydrogens (tertiary/aromatic N) is 3. The zero-order valence-corrected chi connectivity index (χ0v) is 10.9. The summed E-state index contributed by atoms with van der Waals surface area (Å²) in [6.45, 7) is 1.95. The Morgan fingerprint density at radius 3 is 3.17 bits per heavy atom. The summed E-state index contributed by atoms with van der Waals surface area (Å²) in [5.41, 5.74) is 0. The topological polar surface area (TPSA) is 91.0 Å². The van der Waals surface area contributed by atoms with Crippen LogP contribution in [0.2, 0.25) is 0 Å². The fourth-order valence-corrected chi connectivity index (χ4v) is 2.91. The summed E-state index contributed by atoms with van der Waals surface area (Å²) < 4.78 is 0. The van der Waals surface area contributed by atoms with Crippen LogP contribution < -0.4 is 5.32 Å². The lowest BCUT2D eigenvalue weighted by Gasteiger charge is -2.22. The van der Waals surface area contributed by atoms with Gasteiger partial charge in [-0.05, 0) is 6.42 Å². The van der Waals surface area contributed by atoms with Gasteiger partial charge in [-0.3, -0.25) is 14.9 Å². The van der Waals surface area contributed by atoms with Crippen molar-refractivity contribution in [3.63, 3.8) is 0 Å². The third-order valence-corrected chi connectivity index (χ3v) is 3.64. The number of thioether (sulfide) groups is 1. The third-order valence-electron chi connectivity index (χ3n) is 2.63. The lowest BCUT2D eigenvalue weighted by atomic mass is 10.2. The van der Waals surface area contributed by atoms with E-state index in [4.69, 9.17) is 0 Å². The first kappa shape index (κ1) is 12.9. The number of carbonyl (C=O) groups excluding carboxylic acids is 2. The monoisotopic (exact) mass is 269 g/mol. The molecule has 1 aromatic rings. The number of amides is 2. The van der Waals surface area contributed by atoms with Gasteiger partial charge in [-0.15, -0.1) is 11.8 Å². The summed E-state index contributed by atoms with van der Waals surface area (Å²) >= 11 is 1.58. The van der Waals surface area contributed by atoms with E-state index in [1.54, 1.807) is 16.7 Å². The van der Waals surface area contributed by atoms with E-state index in [0.717, 1.165) is 6.42 Å². The van der Waals surface area contributed by atoms with Crippen LogP contribution in [0.5, 0.6) is 0 Å². The van der Waals surface area contributed by atoms with Crippen molar-refractivity contribution in [1.82, 2.24) is 20.1 Å². The van der Waals surface area contributed by atoms with Crippen LogP contribution in [0.15, 0.2) is 6.33 Å². The van der Waals surface area contributed by atoms with Gasteiger partial charge in [0.05, 0.1) is 5.88 Å². The number of carbonyl (C=O) groups is 2. The Hall–Kier alpha value is -1.57. The number of aromatic amines is 1. The lowest BCUT2D eigenvalue weighted by molar-refractivity contribution is -0.136. The van der Waals surface area contributed by atoms with E-state index in [2.05, 4.69) is 20.5 Å². The highest BCUT2D eigenvalue weighted by atomic mass is 32.2. The molecule has 1 atom stereocenters. The van der Waals surface area contributed by atoms with Gasteiger partial charge in [-0.2, -0.15) is 10.1 Å². The largest absolute Gasteiger partial charge is 0.321 e. The summed E-state index contributed by atoms with van der Waals surface area (Å²) in [6, 6.07) is -0.417. The Morgan fingerprint density at radius 1 is 1.67 bits per heavy atom. The first-order chi connectivity index (χ1) is 8.72. The van der Waals surface area contributed by atoms with Crippen LogP contribution >= 0.6 is 11.8 Å². The summed E-state index contributed by atoms with van der Waals surface area (Å²) in [6.07, 6.45) is 2.59. The van der Waals surface area contributed by atoms with Crippen LogP contribution in [0, 0.1) is 0 Å². The molecule has 2 amide bonds. The van der Waals surface area contributed by atoms with Crippen LogP contribution in [-0.4, -0.2) is 49.6 Å². The predicted octanol–water partition coefficient (Wildman–Crippen LogP) is 0.445. The van der Waals surface area contributed by atoms with Gasteiger partial charge in [-0.25, -0.2) is 5.10 Å². The highest BCUT2D eigenvalue weighted by Gasteiger charge is 2.34. The Labute approximate surface area is 109 Å². The van der Waals surface area contributed by atoms with E-state index in [9.17, 15) is 9.59 Å². The molecule has 98 valence electrons. The number of nitrogens with one attached hydrogen (secondary N) is 2. The lowest BCUT2D eigenvalue weighted by Crippen LogP contribution is -2.44. The number of anilines is 1. The molecule has 2 heterocycles. The summed E-state index contributed by atoms with van der Waals surface area (Å²) in [7, 11) is 0. The maximum absolute atomic E-state index is 12.0. The molecule has 1 saturated heterocycles. The SMILES string of the molecule is CCCC(=O)N1CSCC1C(=O)Nc1ncn[nH]1. The van der Waals surface area contributed by atoms with Crippen molar-refractivity contribution in [2.75, 3.05) is 16.9 Å². The molecule has 7 nitrogen and oxygen atoms in total. The molecule has 1 aromatic heterocycles. The molecule has 8 heteroatoms. The Bertz CT molecular complexity index is 422. The maximum atomic E-state index is 12.0. The fourth-order valence-electron chi connectivity index (χ4n) is 1.73. The average molecular weight is 269 g/mol. The van der Waals surface area contributed by atoms with Crippen LogP contribution in [0.1, 0.15) is 19.8 Å². The number of H-pyrrole nitrogens is 1. The third kappa shape index (κ3) is 2.81. The summed E-state index contributed by atoms with van der Waals surface area (Å²) in [5.74, 6) is 1.31. The van der Waals surface area contributed by atoms with E-state index >= 15 is 0 Å². The second-order valence-electron chi connectivity index (χ2n) is 3.95. The number of aromatic nitrogens is 3. The molecule has 0 radical (unpaired) electrons. The zero-order valence-electron chi connectivity index (χ0n) is 10.0. The van der Waals surface area contributed by atoms with E-state index in [1.807, 2.05) is 6.92 Å². The maximum Gasteiger partial charge on any atom is 0.250 e. The minimum atomic E-state index is -0.417. The van der Waals surface area contributed by atoms with Crippen molar-refractivity contribution in [1.29, 1.82) is 0 Å². The number of hydrogen-bond donors (Lipinski definition) is 2. The zero-order chi connectivity index (χ0) is 13.0. The molecule has 1 aliphatic heterocycles. The first-order valence-electron chi connectivity index (χ1n) is 5.75. The second kappa shape index (κ2) is 5.85. The van der Waals surface area contributed by atoms with Crippen molar-refractivity contribution in [3.8, 4) is 0 Å². The van der Waals surface area contributed by atoms with Crippen LogP contribution in [0.4, 0.5) is 5.95 Å². The van der Waals surface area contributed by atoms with Crippen molar-refractivity contribution in [2.24, 2.45) is 0 Å². The summed E-state index contributed by atoms with van der Waals surface area (Å²) in [4.78, 5) is 29.3. The van der Waals surface area contributed by atoms with Crippen LogP contribution in [-0.2, 0) is 9.59 Å². The van der Waals surface area contributed by atoms with Crippen molar-refractivity contribution in [3.05, 3.63) is 6.33 Å². The molecule has 0 bridgehead atoms. The minimum Gasteiger partial charge on any atom is -0.321 e. The number of hydrogen-bond acceptors (Lipinski definition) is 5. The van der Waals surface area contributed by atoms with Gasteiger partial charge in [0.15, 0.2) is 0 Å². The molecular formula is C10H15N5O2S. The molecule has 1 fully saturated rings. The standard InChI is InChI=1S/C10H15N5O2S/c1-2-3-8(16)15-6-18-4-7(15)9(17)13-10-11-5-12-14-10/h5,7H,2-4,6H2,1H3,(H2,11,12,13,14,17). The van der Waals surface area contributed by atoms with E-state index in [0.29, 0.717) is 24.0 Å².